The highest BCUT2D eigenvalue weighted by molar-refractivity contribution is 5.99. The van der Waals surface area contributed by atoms with E-state index in [0.29, 0.717) is 57.6 Å². The first-order valence-corrected chi connectivity index (χ1v) is 13.2. The van der Waals surface area contributed by atoms with Gasteiger partial charge in [0.05, 0.1) is 39.6 Å². The van der Waals surface area contributed by atoms with Crippen LogP contribution in [0.4, 0.5) is 0 Å². The van der Waals surface area contributed by atoms with E-state index in [2.05, 4.69) is 0 Å². The minimum absolute atomic E-state index is 0.142. The molecule has 1 aliphatic heterocycles. The van der Waals surface area contributed by atoms with Crippen LogP contribution in [0.15, 0.2) is 53.6 Å². The van der Waals surface area contributed by atoms with Gasteiger partial charge in [-0.05, 0) is 79.3 Å². The van der Waals surface area contributed by atoms with Crippen LogP contribution in [-0.2, 0) is 19.0 Å². The fourth-order valence-electron chi connectivity index (χ4n) is 4.92. The van der Waals surface area contributed by atoms with E-state index in [4.69, 9.17) is 23.7 Å². The number of hydrogen-bond acceptors (Lipinski definition) is 7. The Hall–Kier alpha value is -3.13. The van der Waals surface area contributed by atoms with Crippen molar-refractivity contribution < 1.29 is 33.6 Å². The summed E-state index contributed by atoms with van der Waals surface area (Å²) in [6.45, 7) is 10.5. The summed E-state index contributed by atoms with van der Waals surface area (Å²) in [6, 6.07) is 11.5. The van der Waals surface area contributed by atoms with Crippen LogP contribution in [0.3, 0.4) is 0 Å². The Bertz CT molecular complexity index is 1170. The molecule has 0 saturated heterocycles. The molecule has 0 radical (unpaired) electrons. The molecule has 0 bridgehead atoms. The fraction of sp³-hybridized carbons (Fsp3) is 0.452. The number of benzene rings is 2. The van der Waals surface area contributed by atoms with Gasteiger partial charge in [0.25, 0.3) is 0 Å². The summed E-state index contributed by atoms with van der Waals surface area (Å²) in [4.78, 5) is 12.6. The second kappa shape index (κ2) is 13.1. The van der Waals surface area contributed by atoms with Gasteiger partial charge < -0.3 is 28.8 Å². The molecule has 7 nitrogen and oxygen atoms in total. The van der Waals surface area contributed by atoms with Crippen molar-refractivity contribution in [1.29, 1.82) is 0 Å². The van der Waals surface area contributed by atoms with E-state index >= 15 is 0 Å². The van der Waals surface area contributed by atoms with Crippen LogP contribution >= 0.6 is 0 Å². The lowest BCUT2D eigenvalue weighted by Gasteiger charge is -2.29. The molecule has 0 fully saturated rings. The molecular weight excluding hydrogens is 484 g/mol. The summed E-state index contributed by atoms with van der Waals surface area (Å²) in [7, 11) is 0. The molecule has 7 heteroatoms. The smallest absolute Gasteiger partial charge is 0.162 e. The maximum absolute atomic E-state index is 12.6. The Morgan fingerprint density at radius 1 is 0.868 bits per heavy atom. The van der Waals surface area contributed by atoms with Crippen LogP contribution in [0.5, 0.6) is 17.2 Å². The number of rotatable bonds is 2. The normalized spacial score (nSPS) is 23.2. The van der Waals surface area contributed by atoms with Crippen molar-refractivity contribution in [3.05, 3.63) is 70.3 Å². The highest BCUT2D eigenvalue weighted by atomic mass is 16.6. The van der Waals surface area contributed by atoms with Crippen molar-refractivity contribution in [2.75, 3.05) is 46.2 Å². The first-order valence-electron chi connectivity index (χ1n) is 13.2. The molecule has 38 heavy (non-hydrogen) atoms. The van der Waals surface area contributed by atoms with Gasteiger partial charge in [0, 0.05) is 11.5 Å². The summed E-state index contributed by atoms with van der Waals surface area (Å²) in [5.41, 5.74) is 5.14. The maximum atomic E-state index is 12.6. The average Bonchev–Trinajstić information content (AvgIpc) is 2.90. The maximum Gasteiger partial charge on any atom is 0.162 e. The van der Waals surface area contributed by atoms with Gasteiger partial charge in [0.1, 0.15) is 18.5 Å². The molecule has 2 aromatic rings. The zero-order valence-corrected chi connectivity index (χ0v) is 22.7. The third-order valence-electron chi connectivity index (χ3n) is 6.84. The fourth-order valence-corrected chi connectivity index (χ4v) is 4.92. The number of Topliss-reactive ketones (excluding diaryl/α,β-unsaturated/α-hetero) is 1. The Balaban J connectivity index is 1.83. The molecule has 2 unspecified atom stereocenters. The first kappa shape index (κ1) is 27.9. The largest absolute Gasteiger partial charge is 0.507 e. The van der Waals surface area contributed by atoms with Gasteiger partial charge in [0.2, 0.25) is 0 Å². The second-order valence-corrected chi connectivity index (χ2v) is 9.90. The number of hydrogen-bond donors (Lipinski definition) is 1. The average molecular weight is 523 g/mol. The molecule has 2 aromatic carbocycles. The topological polar surface area (TPSA) is 83.5 Å². The summed E-state index contributed by atoms with van der Waals surface area (Å²) in [5, 5.41) is 10.5. The van der Waals surface area contributed by atoms with Crippen LogP contribution in [0.25, 0.3) is 5.57 Å². The number of ketones is 1. The van der Waals surface area contributed by atoms with E-state index in [9.17, 15) is 9.90 Å². The Kier molecular flexibility index (Phi) is 9.61. The molecule has 1 aliphatic carbocycles. The van der Waals surface area contributed by atoms with Crippen molar-refractivity contribution in [2.45, 2.75) is 40.2 Å². The Morgan fingerprint density at radius 3 is 2.13 bits per heavy atom. The van der Waals surface area contributed by atoms with Gasteiger partial charge in [-0.1, -0.05) is 25.1 Å². The molecule has 204 valence electrons. The number of fused-ring (bicyclic) bond motifs is 1. The Morgan fingerprint density at radius 2 is 1.47 bits per heavy atom. The molecule has 4 rings (SSSR count). The van der Waals surface area contributed by atoms with E-state index < -0.39 is 6.10 Å². The van der Waals surface area contributed by atoms with Gasteiger partial charge >= 0.3 is 0 Å². The number of phenols is 1. The van der Waals surface area contributed by atoms with E-state index in [1.54, 1.807) is 0 Å². The SMILES string of the molecule is CC1=CC(=C(c2cc(C)c(O)c(C)c2)C2COCCOCCOCCOc3ccccc3O2)CC(C)C1=O. The number of carbonyl (C=O) groups excluding carboxylic acids is 1. The number of carbonyl (C=O) groups is 1. The van der Waals surface area contributed by atoms with Crippen molar-refractivity contribution in [2.24, 2.45) is 5.92 Å². The predicted octanol–water partition coefficient (Wildman–Crippen LogP) is 5.21. The van der Waals surface area contributed by atoms with Crippen LogP contribution < -0.4 is 9.47 Å². The van der Waals surface area contributed by atoms with E-state index in [-0.39, 0.29) is 24.1 Å². The molecule has 2 atom stereocenters. The minimum Gasteiger partial charge on any atom is -0.507 e. The number of aryl methyl sites for hydroxylation is 2. The van der Waals surface area contributed by atoms with Gasteiger partial charge in [-0.2, -0.15) is 0 Å². The highest BCUT2D eigenvalue weighted by Gasteiger charge is 2.29. The van der Waals surface area contributed by atoms with Crippen LogP contribution in [0.1, 0.15) is 37.0 Å². The van der Waals surface area contributed by atoms with E-state index in [0.717, 1.165) is 33.4 Å². The lowest BCUT2D eigenvalue weighted by atomic mass is 9.81. The minimum atomic E-state index is -0.510. The molecule has 2 aliphatic rings. The van der Waals surface area contributed by atoms with Gasteiger partial charge in [-0.3, -0.25) is 4.79 Å². The highest BCUT2D eigenvalue weighted by Crippen LogP contribution is 2.38. The third-order valence-corrected chi connectivity index (χ3v) is 6.84. The van der Waals surface area contributed by atoms with Crippen molar-refractivity contribution in [3.8, 4) is 17.2 Å². The van der Waals surface area contributed by atoms with Crippen molar-refractivity contribution in [1.82, 2.24) is 0 Å². The number of ether oxygens (including phenoxy) is 5. The van der Waals surface area contributed by atoms with E-state index in [1.807, 2.05) is 70.2 Å². The van der Waals surface area contributed by atoms with Crippen LogP contribution in [0.2, 0.25) is 0 Å². The van der Waals surface area contributed by atoms with Gasteiger partial charge in [-0.25, -0.2) is 0 Å². The number of allylic oxidation sites excluding steroid dienone is 3. The molecule has 0 aromatic heterocycles. The van der Waals surface area contributed by atoms with Crippen molar-refractivity contribution >= 4 is 11.4 Å². The molecule has 0 saturated carbocycles. The number of para-hydroxylation sites is 2. The van der Waals surface area contributed by atoms with E-state index in [1.165, 1.54) is 0 Å². The van der Waals surface area contributed by atoms with Crippen molar-refractivity contribution in [3.63, 3.8) is 0 Å². The predicted molar refractivity (Wildman–Crippen MR) is 146 cm³/mol. The quantitative estimate of drug-likeness (QED) is 0.580. The zero-order chi connectivity index (χ0) is 27.1. The summed E-state index contributed by atoms with van der Waals surface area (Å²) in [5.74, 6) is 1.50. The Labute approximate surface area is 225 Å². The number of phenolic OH excluding ortho intramolecular Hbond substituents is 1. The second-order valence-electron chi connectivity index (χ2n) is 9.90. The molecule has 0 spiro atoms. The van der Waals surface area contributed by atoms with Crippen LogP contribution in [-0.4, -0.2) is 63.2 Å². The first-order chi connectivity index (χ1) is 18.3. The number of aromatic hydroxyl groups is 1. The lowest BCUT2D eigenvalue weighted by Crippen LogP contribution is -2.28. The molecule has 1 N–H and O–H groups in total. The van der Waals surface area contributed by atoms with Crippen LogP contribution in [0, 0.1) is 19.8 Å². The standard InChI is InChI=1S/C31H38O7/c1-20-15-24(16-21(2)30(20)32)29(25-17-22(3)31(33)23(4)18-25)28-19-36-12-11-34-9-10-35-13-14-37-26-7-5-6-8-27(26)38-28/h5-8,15-17,23,28,32H,9-14,18-19H2,1-4H3. The molecule has 1 heterocycles. The molecule has 0 amide bonds. The zero-order valence-electron chi connectivity index (χ0n) is 22.7. The third kappa shape index (κ3) is 6.84. The summed E-state index contributed by atoms with van der Waals surface area (Å²) in [6.07, 6.45) is 2.05. The lowest BCUT2D eigenvalue weighted by molar-refractivity contribution is -0.118. The molecular formula is C31H38O7. The summed E-state index contributed by atoms with van der Waals surface area (Å²) < 4.78 is 30.0. The van der Waals surface area contributed by atoms with Gasteiger partial charge in [-0.15, -0.1) is 0 Å². The van der Waals surface area contributed by atoms with Gasteiger partial charge in [0.15, 0.2) is 17.3 Å². The monoisotopic (exact) mass is 522 g/mol. The summed E-state index contributed by atoms with van der Waals surface area (Å²) >= 11 is 0.